The molecule has 2 saturated carbocycles. The molecule has 1 saturated heterocycles. The van der Waals surface area contributed by atoms with E-state index >= 15 is 0 Å². The predicted molar refractivity (Wildman–Crippen MR) is 157 cm³/mol. The van der Waals surface area contributed by atoms with Crippen molar-refractivity contribution < 1.29 is 9.39 Å². The number of benzene rings is 1. The third kappa shape index (κ3) is 4.96. The van der Waals surface area contributed by atoms with Crippen LogP contribution in [0.15, 0.2) is 76.4 Å². The minimum atomic E-state index is -0.175. The van der Waals surface area contributed by atoms with E-state index in [2.05, 4.69) is 20.2 Å². The molecule has 40 heavy (non-hydrogen) atoms. The molecule has 1 amide bonds. The van der Waals surface area contributed by atoms with Crippen molar-refractivity contribution >= 4 is 23.8 Å². The largest absolute Gasteiger partial charge is 0.307 e. The summed E-state index contributed by atoms with van der Waals surface area (Å²) in [5, 5.41) is 2.95. The van der Waals surface area contributed by atoms with E-state index < -0.39 is 0 Å². The van der Waals surface area contributed by atoms with Crippen LogP contribution in [-0.4, -0.2) is 52.1 Å². The summed E-state index contributed by atoms with van der Waals surface area (Å²) >= 11 is 0. The summed E-state index contributed by atoms with van der Waals surface area (Å²) in [5.74, 6) is 10.00. The molecule has 0 spiro atoms. The van der Waals surface area contributed by atoms with Gasteiger partial charge in [-0.2, -0.15) is 10.8 Å². The Morgan fingerprint density at radius 3 is 2.65 bits per heavy atom. The van der Waals surface area contributed by atoms with Crippen molar-refractivity contribution in [1.29, 1.82) is 0 Å². The van der Waals surface area contributed by atoms with Crippen molar-refractivity contribution in [2.45, 2.75) is 57.3 Å². The van der Waals surface area contributed by atoms with E-state index in [1.807, 2.05) is 48.8 Å². The van der Waals surface area contributed by atoms with E-state index in [1.54, 1.807) is 12.4 Å². The number of nitrogens with two attached hydrogens (primary N) is 1. The van der Waals surface area contributed by atoms with Gasteiger partial charge in [-0.15, -0.1) is 4.59 Å². The van der Waals surface area contributed by atoms with Crippen molar-refractivity contribution in [3.63, 3.8) is 0 Å². The Hall–Kier alpha value is -3.46. The minimum Gasteiger partial charge on any atom is -0.307 e. The molecule has 1 aromatic carbocycles. The predicted octanol–water partition coefficient (Wildman–Crippen LogP) is 5.33. The number of carbonyl (C=O) groups is 1. The minimum absolute atomic E-state index is 0.0153. The fourth-order valence-electron chi connectivity index (χ4n) is 6.85. The summed E-state index contributed by atoms with van der Waals surface area (Å²) < 4.78 is 0.0153. The van der Waals surface area contributed by atoms with Crippen LogP contribution in [0, 0.1) is 11.8 Å². The molecule has 2 atom stereocenters. The van der Waals surface area contributed by atoms with Gasteiger partial charge in [0.2, 0.25) is 5.70 Å². The lowest BCUT2D eigenvalue weighted by Crippen LogP contribution is -2.53. The van der Waals surface area contributed by atoms with Crippen LogP contribution in [0.3, 0.4) is 0 Å². The number of amidine groups is 1. The Morgan fingerprint density at radius 1 is 1.02 bits per heavy atom. The van der Waals surface area contributed by atoms with Gasteiger partial charge in [-0.25, -0.2) is 4.98 Å². The van der Waals surface area contributed by atoms with Gasteiger partial charge in [0.05, 0.1) is 18.0 Å². The lowest BCUT2D eigenvalue weighted by Gasteiger charge is -2.34. The maximum atomic E-state index is 13.0. The third-order valence-electron chi connectivity index (χ3n) is 9.19. The van der Waals surface area contributed by atoms with Gasteiger partial charge in [0.1, 0.15) is 17.7 Å². The van der Waals surface area contributed by atoms with Crippen molar-refractivity contribution in [3.8, 4) is 0 Å². The molecule has 5 aliphatic rings. The molecule has 3 fully saturated rings. The zero-order valence-electron chi connectivity index (χ0n) is 23.0. The number of aliphatic imine (C=N–C) groups is 2. The van der Waals surface area contributed by atoms with Gasteiger partial charge < -0.3 is 10.2 Å². The number of piperidine rings is 1. The van der Waals surface area contributed by atoms with E-state index in [4.69, 9.17) is 10.8 Å². The lowest BCUT2D eigenvalue weighted by atomic mass is 9.92. The number of nitrogens with one attached hydrogen (secondary N) is 1. The van der Waals surface area contributed by atoms with Gasteiger partial charge in [0, 0.05) is 30.8 Å². The number of quaternary nitrogens is 1. The van der Waals surface area contributed by atoms with Gasteiger partial charge in [0.25, 0.3) is 11.7 Å². The first kappa shape index (κ1) is 25.5. The second kappa shape index (κ2) is 10.5. The van der Waals surface area contributed by atoms with Crippen molar-refractivity contribution in [3.05, 3.63) is 83.1 Å². The molecular formula is C32H38N7O+. The van der Waals surface area contributed by atoms with Crippen LogP contribution in [0.2, 0.25) is 0 Å². The number of fused-ring (bicyclic) bond motifs is 1. The molecule has 7 rings (SSSR count). The molecule has 8 heteroatoms. The molecule has 2 aromatic rings. The van der Waals surface area contributed by atoms with Crippen LogP contribution in [0.25, 0.3) is 0 Å². The number of hydrogen-bond donors (Lipinski definition) is 2. The highest BCUT2D eigenvalue weighted by Gasteiger charge is 2.46. The normalized spacial score (nSPS) is 26.7. The first-order chi connectivity index (χ1) is 19.6. The number of allylic oxidation sites excluding steroid dienone is 1. The molecule has 0 radical (unpaired) electrons. The van der Waals surface area contributed by atoms with Gasteiger partial charge in [-0.1, -0.05) is 12.8 Å². The number of anilines is 1. The monoisotopic (exact) mass is 536 g/mol. The molecule has 0 bridgehead atoms. The second-order valence-electron chi connectivity index (χ2n) is 12.1. The topological polar surface area (TPSA) is 96.0 Å². The maximum Gasteiger partial charge on any atom is 0.264 e. The zero-order valence-corrected chi connectivity index (χ0v) is 23.0. The first-order valence-corrected chi connectivity index (χ1v) is 14.9. The van der Waals surface area contributed by atoms with Gasteiger partial charge >= 0.3 is 0 Å². The average molecular weight is 537 g/mol. The summed E-state index contributed by atoms with van der Waals surface area (Å²) in [6, 6.07) is 11.6. The highest BCUT2D eigenvalue weighted by molar-refractivity contribution is 6.05. The summed E-state index contributed by atoms with van der Waals surface area (Å²) in [6.07, 6.45) is 17.5. The molecule has 1 aromatic heterocycles. The molecule has 2 unspecified atom stereocenters. The smallest absolute Gasteiger partial charge is 0.264 e. The summed E-state index contributed by atoms with van der Waals surface area (Å²) in [5.41, 5.74) is 4.73. The Kier molecular flexibility index (Phi) is 6.70. The Labute approximate surface area is 236 Å². The number of pyridine rings is 1. The second-order valence-corrected chi connectivity index (χ2v) is 12.1. The van der Waals surface area contributed by atoms with Gasteiger partial charge in [-0.3, -0.25) is 9.79 Å². The van der Waals surface area contributed by atoms with Gasteiger partial charge in [-0.05, 0) is 98.9 Å². The molecule has 8 nitrogen and oxygen atoms in total. The molecule has 206 valence electrons. The molecule has 4 heterocycles. The fourth-order valence-corrected chi connectivity index (χ4v) is 6.85. The highest BCUT2D eigenvalue weighted by atomic mass is 16.1. The van der Waals surface area contributed by atoms with Gasteiger partial charge in [0.15, 0.2) is 0 Å². The fraction of sp³-hybridized carbons (Fsp3) is 0.438. The number of hydrogen-bond acceptors (Lipinski definition) is 6. The summed E-state index contributed by atoms with van der Waals surface area (Å²) in [6.45, 7) is 3.40. The number of rotatable bonds is 7. The van der Waals surface area contributed by atoms with E-state index in [1.165, 1.54) is 63.6 Å². The SMILES string of the molecule is N[N+]12C=CN=CC1=C(C1CCCN(CC3CCCC3)C1)N=C2c1ccc(C(=O)Nc2cc(C3CC3)ccn2)cc1. The molecule has 3 aliphatic heterocycles. The molecule has 3 N–H and O–H groups in total. The van der Waals surface area contributed by atoms with E-state index in [0.29, 0.717) is 23.2 Å². The van der Waals surface area contributed by atoms with E-state index in [0.717, 1.165) is 41.7 Å². The van der Waals surface area contributed by atoms with Crippen LogP contribution in [0.5, 0.6) is 0 Å². The lowest BCUT2D eigenvalue weighted by molar-refractivity contribution is -0.750. The van der Waals surface area contributed by atoms with Crippen LogP contribution < -0.4 is 11.2 Å². The quantitative estimate of drug-likeness (QED) is 0.369. The Bertz CT molecular complexity index is 1410. The van der Waals surface area contributed by atoms with Crippen LogP contribution in [0.4, 0.5) is 5.82 Å². The molecular weight excluding hydrogens is 498 g/mol. The highest BCUT2D eigenvalue weighted by Crippen LogP contribution is 2.40. The standard InChI is InChI=1S/C32H37N7O/c33-39-17-15-34-19-28(39)30(27-6-3-16-38(21-27)20-22-4-1-2-5-22)37-31(39)24-9-11-25(12-10-24)32(40)36-29-18-26(13-14-35-29)23-7-8-23/h9-15,17-19,22-23,27H,1-8,16,20-21,33H2/p+1. The van der Waals surface area contributed by atoms with Crippen LogP contribution in [0.1, 0.15) is 78.8 Å². The summed E-state index contributed by atoms with van der Waals surface area (Å²) in [7, 11) is 0. The Balaban J connectivity index is 1.10. The third-order valence-corrected chi connectivity index (χ3v) is 9.19. The number of aromatic nitrogens is 1. The number of nitrogens with zero attached hydrogens (tertiary/aromatic N) is 5. The van der Waals surface area contributed by atoms with Crippen molar-refractivity contribution in [2.24, 2.45) is 27.7 Å². The first-order valence-electron chi connectivity index (χ1n) is 14.9. The number of likely N-dealkylation sites (tertiary alicyclic amines) is 1. The summed E-state index contributed by atoms with van der Waals surface area (Å²) in [4.78, 5) is 29.6. The van der Waals surface area contributed by atoms with E-state index in [-0.39, 0.29) is 10.5 Å². The average Bonchev–Trinajstić information content (AvgIpc) is 3.62. The van der Waals surface area contributed by atoms with Crippen LogP contribution >= 0.6 is 0 Å². The van der Waals surface area contributed by atoms with Crippen molar-refractivity contribution in [1.82, 2.24) is 9.88 Å². The molecule has 2 aliphatic carbocycles. The Morgan fingerprint density at radius 2 is 1.85 bits per heavy atom. The van der Waals surface area contributed by atoms with Crippen molar-refractivity contribution in [2.75, 3.05) is 25.0 Å². The van der Waals surface area contributed by atoms with E-state index in [9.17, 15) is 4.79 Å². The zero-order chi connectivity index (χ0) is 27.1. The van der Waals surface area contributed by atoms with Crippen LogP contribution in [-0.2, 0) is 0 Å². The number of amides is 1. The maximum absolute atomic E-state index is 13.0. The number of carbonyl (C=O) groups excluding carboxylic acids is 1.